The molecule has 205 valence electrons. The zero-order chi connectivity index (χ0) is 27.1. The second kappa shape index (κ2) is 14.2. The van der Waals surface area contributed by atoms with Crippen molar-refractivity contribution in [1.82, 2.24) is 4.98 Å². The first kappa shape index (κ1) is 30.3. The third-order valence-corrected chi connectivity index (χ3v) is 7.27. The number of benzene rings is 3. The Morgan fingerprint density at radius 2 is 1.56 bits per heavy atom. The molecule has 0 amide bonds. The van der Waals surface area contributed by atoms with Gasteiger partial charge in [-0.3, -0.25) is 9.78 Å². The Labute approximate surface area is 244 Å². The monoisotopic (exact) mass is 699 g/mol. The molecule has 5 aromatic rings. The van der Waals surface area contributed by atoms with E-state index in [9.17, 15) is 9.90 Å². The van der Waals surface area contributed by atoms with Gasteiger partial charge in [-0.05, 0) is 37.3 Å². The van der Waals surface area contributed by atoms with Gasteiger partial charge in [0.05, 0.1) is 16.9 Å². The van der Waals surface area contributed by atoms with Crippen molar-refractivity contribution >= 4 is 38.6 Å². The summed E-state index contributed by atoms with van der Waals surface area (Å²) in [5.41, 5.74) is 4.70. The Morgan fingerprint density at radius 3 is 2.23 bits per heavy atom. The summed E-state index contributed by atoms with van der Waals surface area (Å²) in [5.74, 6) is 0.547. The molecule has 1 radical (unpaired) electrons. The summed E-state index contributed by atoms with van der Waals surface area (Å²) in [7, 11) is 0. The molecule has 0 aliphatic rings. The first-order chi connectivity index (χ1) is 18.5. The number of fused-ring (bicyclic) bond motifs is 4. The molecule has 0 aliphatic carbocycles. The maximum atomic E-state index is 11.7. The van der Waals surface area contributed by atoms with Crippen molar-refractivity contribution in [3.05, 3.63) is 90.8 Å². The Hall–Kier alpha value is -3.27. The minimum Gasteiger partial charge on any atom is -0.512 e. The third kappa shape index (κ3) is 6.84. The molecule has 0 atom stereocenters. The molecule has 2 heterocycles. The molecule has 0 bridgehead atoms. The van der Waals surface area contributed by atoms with Crippen LogP contribution in [0.1, 0.15) is 53.4 Å². The number of nitrogens with zero attached hydrogens (tertiary/aromatic N) is 1. The van der Waals surface area contributed by atoms with Gasteiger partial charge in [-0.1, -0.05) is 93.1 Å². The quantitative estimate of drug-likeness (QED) is 0.0997. The smallest absolute Gasteiger partial charge is 0.162 e. The zero-order valence-corrected chi connectivity index (χ0v) is 25.4. The van der Waals surface area contributed by atoms with Crippen LogP contribution in [0.2, 0.25) is 0 Å². The molecule has 4 nitrogen and oxygen atoms in total. The molecule has 3 aromatic carbocycles. The summed E-state index contributed by atoms with van der Waals surface area (Å²) in [5, 5.41) is 12.9. The molecule has 0 fully saturated rings. The fourth-order valence-corrected chi connectivity index (χ4v) is 4.87. The van der Waals surface area contributed by atoms with E-state index < -0.39 is 0 Å². The van der Waals surface area contributed by atoms with Crippen LogP contribution in [0.4, 0.5) is 0 Å². The van der Waals surface area contributed by atoms with Crippen LogP contribution in [0.25, 0.3) is 44.0 Å². The molecular weight excluding hydrogens is 663 g/mol. The van der Waals surface area contributed by atoms with E-state index in [-0.39, 0.29) is 43.5 Å². The average Bonchev–Trinajstić information content (AvgIpc) is 3.31. The molecule has 2 aromatic heterocycles. The Balaban J connectivity index is 0.000000233. The number of carbonyl (C=O) groups is 1. The van der Waals surface area contributed by atoms with Crippen LogP contribution in [0.5, 0.6) is 0 Å². The van der Waals surface area contributed by atoms with Gasteiger partial charge in [-0.2, -0.15) is 0 Å². The summed E-state index contributed by atoms with van der Waals surface area (Å²) >= 11 is 0. The van der Waals surface area contributed by atoms with Gasteiger partial charge in [0.2, 0.25) is 0 Å². The first-order valence-electron chi connectivity index (χ1n) is 13.6. The van der Waals surface area contributed by atoms with E-state index in [1.807, 2.05) is 70.3 Å². The van der Waals surface area contributed by atoms with Crippen LogP contribution in [-0.4, -0.2) is 15.9 Å². The van der Waals surface area contributed by atoms with Crippen LogP contribution < -0.4 is 0 Å². The average molecular weight is 699 g/mol. The predicted octanol–water partition coefficient (Wildman–Crippen LogP) is 9.47. The molecule has 0 saturated heterocycles. The molecule has 0 saturated carbocycles. The van der Waals surface area contributed by atoms with Crippen LogP contribution in [0.3, 0.4) is 0 Å². The van der Waals surface area contributed by atoms with Crippen LogP contribution in [0.15, 0.2) is 89.2 Å². The summed E-state index contributed by atoms with van der Waals surface area (Å²) in [4.78, 5) is 16.3. The molecule has 0 spiro atoms. The predicted molar refractivity (Wildman–Crippen MR) is 157 cm³/mol. The Morgan fingerprint density at radius 1 is 0.923 bits per heavy atom. The SMILES string of the molecule is CCC(CC)C(=O)/C=C(\O)C(CC)CC.[Ir].[c-]1c2ccccc2cc2oc3c(-c4ccccc4)ccnc3c12. The first-order valence-corrected chi connectivity index (χ1v) is 13.6. The molecular formula is C34H36IrNO3-. The van der Waals surface area contributed by atoms with E-state index in [1.165, 1.54) is 6.08 Å². The van der Waals surface area contributed by atoms with Gasteiger partial charge in [0.25, 0.3) is 0 Å². The fourth-order valence-electron chi connectivity index (χ4n) is 4.87. The van der Waals surface area contributed by atoms with E-state index in [1.54, 1.807) is 0 Å². The van der Waals surface area contributed by atoms with Gasteiger partial charge < -0.3 is 9.52 Å². The van der Waals surface area contributed by atoms with Crippen molar-refractivity contribution < 1.29 is 34.4 Å². The van der Waals surface area contributed by atoms with Gasteiger partial charge in [-0.25, -0.2) is 0 Å². The van der Waals surface area contributed by atoms with Crippen molar-refractivity contribution in [1.29, 1.82) is 0 Å². The van der Waals surface area contributed by atoms with Gasteiger partial charge >= 0.3 is 0 Å². The summed E-state index contributed by atoms with van der Waals surface area (Å²) in [6.07, 6.45) is 6.74. The number of hydrogen-bond donors (Lipinski definition) is 1. The molecule has 39 heavy (non-hydrogen) atoms. The largest absolute Gasteiger partial charge is 0.512 e. The number of furan rings is 1. The van der Waals surface area contributed by atoms with E-state index in [0.717, 1.165) is 69.7 Å². The zero-order valence-electron chi connectivity index (χ0n) is 23.0. The second-order valence-electron chi connectivity index (χ2n) is 9.60. The van der Waals surface area contributed by atoms with Gasteiger partial charge in [0, 0.05) is 49.8 Å². The topological polar surface area (TPSA) is 63.3 Å². The Kier molecular flexibility index (Phi) is 11.0. The minimum absolute atomic E-state index is 0. The van der Waals surface area contributed by atoms with Crippen LogP contribution in [-0.2, 0) is 24.9 Å². The van der Waals surface area contributed by atoms with Gasteiger partial charge in [-0.15, -0.1) is 17.5 Å². The molecule has 0 unspecified atom stereocenters. The number of ketones is 1. The number of aliphatic hydroxyl groups excluding tert-OH is 1. The number of rotatable bonds is 8. The van der Waals surface area contributed by atoms with Crippen molar-refractivity contribution in [3.63, 3.8) is 0 Å². The van der Waals surface area contributed by atoms with Crippen LogP contribution in [0, 0.1) is 17.9 Å². The molecule has 0 aliphatic heterocycles. The van der Waals surface area contributed by atoms with E-state index in [4.69, 9.17) is 4.42 Å². The van der Waals surface area contributed by atoms with Crippen molar-refractivity contribution in [2.75, 3.05) is 0 Å². The maximum Gasteiger partial charge on any atom is 0.162 e. The third-order valence-electron chi connectivity index (χ3n) is 7.27. The Bertz CT molecular complexity index is 1550. The molecule has 1 N–H and O–H groups in total. The number of aromatic nitrogens is 1. The van der Waals surface area contributed by atoms with E-state index in [2.05, 4.69) is 41.4 Å². The van der Waals surface area contributed by atoms with Crippen molar-refractivity contribution in [2.45, 2.75) is 53.4 Å². The van der Waals surface area contributed by atoms with Gasteiger partial charge in [0.1, 0.15) is 5.58 Å². The maximum absolute atomic E-state index is 11.7. The normalized spacial score (nSPS) is 11.6. The van der Waals surface area contributed by atoms with Crippen LogP contribution >= 0.6 is 0 Å². The number of aliphatic hydroxyl groups is 1. The number of allylic oxidation sites excluding steroid dienone is 2. The number of pyridine rings is 1. The second-order valence-corrected chi connectivity index (χ2v) is 9.60. The number of hydrogen-bond acceptors (Lipinski definition) is 4. The standard InChI is InChI=1S/C21H12NO.C13H24O2.Ir/c1-2-6-14(7-3-1)17-10-11-22-20-18-12-15-8-4-5-9-16(15)13-19(18)23-21(17)20;1-5-10(6-2)12(14)9-13(15)11(7-3)8-4;/h1-11,13H;9-11,14H,5-8H2,1-4H3;/q-1;;/b;12-9-;. The van der Waals surface area contributed by atoms with E-state index in [0.29, 0.717) is 0 Å². The summed E-state index contributed by atoms with van der Waals surface area (Å²) < 4.78 is 6.15. The van der Waals surface area contributed by atoms with Crippen molar-refractivity contribution in [3.8, 4) is 11.1 Å². The fraction of sp³-hybridized carbons (Fsp3) is 0.294. The summed E-state index contributed by atoms with van der Waals surface area (Å²) in [6.45, 7) is 8.07. The minimum atomic E-state index is 0. The number of carbonyl (C=O) groups excluding carboxylic acids is 1. The van der Waals surface area contributed by atoms with Gasteiger partial charge in [0.15, 0.2) is 5.78 Å². The van der Waals surface area contributed by atoms with Crippen molar-refractivity contribution in [2.24, 2.45) is 11.8 Å². The molecule has 5 heteroatoms. The summed E-state index contributed by atoms with van der Waals surface area (Å²) in [6, 6.07) is 26.0. The molecule has 5 rings (SSSR count). The van der Waals surface area contributed by atoms with E-state index >= 15 is 0 Å².